The van der Waals surface area contributed by atoms with Gasteiger partial charge in [0.25, 0.3) is 0 Å². The third kappa shape index (κ3) is 3.88. The molecule has 2 saturated heterocycles. The van der Waals surface area contributed by atoms with Crippen LogP contribution in [0.25, 0.3) is 0 Å². The predicted molar refractivity (Wildman–Crippen MR) is 98.7 cm³/mol. The number of piperidine rings is 1. The van der Waals surface area contributed by atoms with Crippen molar-refractivity contribution in [1.82, 2.24) is 14.9 Å². The van der Waals surface area contributed by atoms with Crippen molar-refractivity contribution in [3.63, 3.8) is 0 Å². The van der Waals surface area contributed by atoms with E-state index in [0.29, 0.717) is 11.9 Å². The number of nitrogens with one attached hydrogen (secondary N) is 1. The van der Waals surface area contributed by atoms with Crippen LogP contribution in [0.1, 0.15) is 51.4 Å². The van der Waals surface area contributed by atoms with Crippen molar-refractivity contribution in [3.05, 3.63) is 12.4 Å². The molecule has 6 heteroatoms. The van der Waals surface area contributed by atoms with Crippen LogP contribution < -0.4 is 10.2 Å². The van der Waals surface area contributed by atoms with Gasteiger partial charge in [0.05, 0.1) is 0 Å². The number of carbonyl (C=O) groups excluding carboxylic acids is 1. The summed E-state index contributed by atoms with van der Waals surface area (Å²) in [5, 5.41) is 3.52. The molecule has 0 radical (unpaired) electrons. The minimum absolute atomic E-state index is 0.281. The summed E-state index contributed by atoms with van der Waals surface area (Å²) in [6.45, 7) is 3.85. The van der Waals surface area contributed by atoms with E-state index in [1.54, 1.807) is 6.33 Å². The number of hydrogen-bond donors (Lipinski definition) is 1. The van der Waals surface area contributed by atoms with Crippen LogP contribution in [-0.4, -0.2) is 53.0 Å². The summed E-state index contributed by atoms with van der Waals surface area (Å²) >= 11 is 0. The first kappa shape index (κ1) is 16.6. The molecule has 4 rings (SSSR count). The van der Waals surface area contributed by atoms with Gasteiger partial charge in [0, 0.05) is 44.2 Å². The second kappa shape index (κ2) is 7.58. The molecule has 1 unspecified atom stereocenters. The number of rotatable bonds is 4. The zero-order valence-corrected chi connectivity index (χ0v) is 15.0. The second-order valence-electron chi connectivity index (χ2n) is 7.70. The zero-order valence-electron chi connectivity index (χ0n) is 15.0. The minimum atomic E-state index is 0.281. The van der Waals surface area contributed by atoms with Crippen LogP contribution in [0, 0.1) is 5.92 Å². The van der Waals surface area contributed by atoms with E-state index < -0.39 is 0 Å². The minimum Gasteiger partial charge on any atom is -0.365 e. The fourth-order valence-corrected chi connectivity index (χ4v) is 4.44. The van der Waals surface area contributed by atoms with E-state index in [0.717, 1.165) is 57.1 Å². The Morgan fingerprint density at radius 2 is 1.80 bits per heavy atom. The lowest BCUT2D eigenvalue weighted by molar-refractivity contribution is -0.134. The first-order chi connectivity index (χ1) is 12.3. The number of likely N-dealkylation sites (tertiary alicyclic amines) is 1. The molecular weight excluding hydrogens is 314 g/mol. The summed E-state index contributed by atoms with van der Waals surface area (Å²) in [4.78, 5) is 25.8. The molecule has 0 aromatic carbocycles. The Morgan fingerprint density at radius 3 is 2.60 bits per heavy atom. The quantitative estimate of drug-likeness (QED) is 0.911. The van der Waals surface area contributed by atoms with Crippen molar-refractivity contribution in [3.8, 4) is 0 Å². The molecule has 1 amide bonds. The first-order valence-corrected chi connectivity index (χ1v) is 9.92. The number of nitrogens with zero attached hydrogens (tertiary/aromatic N) is 4. The molecule has 3 aliphatic rings. The molecule has 0 bridgehead atoms. The summed E-state index contributed by atoms with van der Waals surface area (Å²) in [5.74, 6) is 2.56. The van der Waals surface area contributed by atoms with Crippen molar-refractivity contribution in [2.75, 3.05) is 36.4 Å². The van der Waals surface area contributed by atoms with Crippen molar-refractivity contribution in [1.29, 1.82) is 0 Å². The van der Waals surface area contributed by atoms with Gasteiger partial charge >= 0.3 is 0 Å². The van der Waals surface area contributed by atoms with E-state index in [-0.39, 0.29) is 5.92 Å². The average Bonchev–Trinajstić information content (AvgIpc) is 3.34. The largest absolute Gasteiger partial charge is 0.365 e. The van der Waals surface area contributed by atoms with Gasteiger partial charge in [0.2, 0.25) is 5.91 Å². The number of hydrogen-bond acceptors (Lipinski definition) is 5. The molecule has 1 aliphatic carbocycles. The van der Waals surface area contributed by atoms with Gasteiger partial charge < -0.3 is 15.1 Å². The maximum absolute atomic E-state index is 12.6. The monoisotopic (exact) mass is 343 g/mol. The normalized spacial score (nSPS) is 24.7. The van der Waals surface area contributed by atoms with Crippen molar-refractivity contribution in [2.45, 2.75) is 57.4 Å². The summed E-state index contributed by atoms with van der Waals surface area (Å²) in [5.41, 5.74) is 0. The number of carbonyl (C=O) groups is 1. The lowest BCUT2D eigenvalue weighted by Crippen LogP contribution is -2.35. The first-order valence-electron chi connectivity index (χ1n) is 9.92. The molecule has 2 aliphatic heterocycles. The Balaban J connectivity index is 1.34. The molecule has 1 N–H and O–H groups in total. The smallest absolute Gasteiger partial charge is 0.225 e. The van der Waals surface area contributed by atoms with Gasteiger partial charge in [-0.3, -0.25) is 4.79 Å². The molecule has 0 spiro atoms. The summed E-state index contributed by atoms with van der Waals surface area (Å²) in [6.07, 6.45) is 11.1. The Kier molecular flexibility index (Phi) is 5.04. The molecule has 1 saturated carbocycles. The van der Waals surface area contributed by atoms with E-state index in [1.165, 1.54) is 32.1 Å². The molecule has 3 heterocycles. The summed E-state index contributed by atoms with van der Waals surface area (Å²) < 4.78 is 0. The zero-order chi connectivity index (χ0) is 17.1. The van der Waals surface area contributed by atoms with Crippen LogP contribution in [0.15, 0.2) is 12.4 Å². The van der Waals surface area contributed by atoms with E-state index in [1.807, 2.05) is 0 Å². The van der Waals surface area contributed by atoms with Crippen LogP contribution in [0.5, 0.6) is 0 Å². The summed E-state index contributed by atoms with van der Waals surface area (Å²) in [6, 6.07) is 2.36. The third-order valence-electron chi connectivity index (χ3n) is 5.89. The molecule has 136 valence electrons. The molecule has 3 fully saturated rings. The lowest BCUT2D eigenvalue weighted by atomic mass is 10.1. The molecule has 1 atom stereocenters. The van der Waals surface area contributed by atoms with Gasteiger partial charge in [-0.15, -0.1) is 0 Å². The standard InChI is InChI=1S/C19H29N5O/c25-19(15-6-2-3-7-15)24-11-8-16(13-24)22-17-12-18(21-14-20-17)23-9-4-1-5-10-23/h12,14-16H,1-11,13H2,(H,20,21,22). The second-order valence-corrected chi connectivity index (χ2v) is 7.70. The highest BCUT2D eigenvalue weighted by Gasteiger charge is 2.32. The maximum Gasteiger partial charge on any atom is 0.225 e. The number of amides is 1. The SMILES string of the molecule is O=C(C1CCCC1)N1CCC(Nc2cc(N3CCCCC3)ncn2)C1. The van der Waals surface area contributed by atoms with Gasteiger partial charge in [-0.1, -0.05) is 12.8 Å². The number of anilines is 2. The molecule has 6 nitrogen and oxygen atoms in total. The highest BCUT2D eigenvalue weighted by molar-refractivity contribution is 5.79. The van der Waals surface area contributed by atoms with Gasteiger partial charge in [-0.2, -0.15) is 0 Å². The molecule has 25 heavy (non-hydrogen) atoms. The van der Waals surface area contributed by atoms with Crippen molar-refractivity contribution in [2.24, 2.45) is 5.92 Å². The fourth-order valence-electron chi connectivity index (χ4n) is 4.44. The highest BCUT2D eigenvalue weighted by atomic mass is 16.2. The van der Waals surface area contributed by atoms with Gasteiger partial charge in [-0.05, 0) is 38.5 Å². The van der Waals surface area contributed by atoms with Crippen LogP contribution in [0.3, 0.4) is 0 Å². The topological polar surface area (TPSA) is 61.4 Å². The Labute approximate surface area is 150 Å². The fraction of sp³-hybridized carbons (Fsp3) is 0.737. The third-order valence-corrected chi connectivity index (χ3v) is 5.89. The number of aromatic nitrogens is 2. The van der Waals surface area contributed by atoms with Crippen LogP contribution in [0.4, 0.5) is 11.6 Å². The van der Waals surface area contributed by atoms with Gasteiger partial charge in [0.15, 0.2) is 0 Å². The van der Waals surface area contributed by atoms with E-state index in [4.69, 9.17) is 0 Å². The summed E-state index contributed by atoms with van der Waals surface area (Å²) in [7, 11) is 0. The Hall–Kier alpha value is -1.85. The van der Waals surface area contributed by atoms with Gasteiger partial charge in [0.1, 0.15) is 18.0 Å². The average molecular weight is 343 g/mol. The van der Waals surface area contributed by atoms with E-state index >= 15 is 0 Å². The van der Waals surface area contributed by atoms with E-state index in [9.17, 15) is 4.79 Å². The van der Waals surface area contributed by atoms with Gasteiger partial charge in [-0.25, -0.2) is 9.97 Å². The van der Waals surface area contributed by atoms with E-state index in [2.05, 4.69) is 31.2 Å². The maximum atomic E-state index is 12.6. The van der Waals surface area contributed by atoms with Crippen LogP contribution in [-0.2, 0) is 4.79 Å². The van der Waals surface area contributed by atoms with Crippen LogP contribution in [0.2, 0.25) is 0 Å². The Bertz CT molecular complexity index is 595. The van der Waals surface area contributed by atoms with Crippen LogP contribution >= 0.6 is 0 Å². The van der Waals surface area contributed by atoms with Crippen molar-refractivity contribution >= 4 is 17.5 Å². The van der Waals surface area contributed by atoms with Crippen molar-refractivity contribution < 1.29 is 4.79 Å². The highest BCUT2D eigenvalue weighted by Crippen LogP contribution is 2.28. The lowest BCUT2D eigenvalue weighted by Gasteiger charge is -2.28. The Morgan fingerprint density at radius 1 is 1.00 bits per heavy atom. The predicted octanol–water partition coefficient (Wildman–Crippen LogP) is 2.67. The molecular formula is C19H29N5O. The molecule has 1 aromatic heterocycles. The molecule has 1 aromatic rings.